The van der Waals surface area contributed by atoms with E-state index in [0.717, 1.165) is 0 Å². The van der Waals surface area contributed by atoms with Crippen LogP contribution in [0, 0.1) is 5.41 Å². The number of amides is 1. The maximum absolute atomic E-state index is 12.5. The lowest BCUT2D eigenvalue weighted by molar-refractivity contribution is -0.147. The van der Waals surface area contributed by atoms with Crippen LogP contribution in [0.5, 0.6) is 0 Å². The Balaban J connectivity index is 2.26. The van der Waals surface area contributed by atoms with Crippen molar-refractivity contribution in [3.63, 3.8) is 0 Å². The molecule has 1 amide bonds. The van der Waals surface area contributed by atoms with Crippen molar-refractivity contribution >= 4 is 17.7 Å². The van der Waals surface area contributed by atoms with Crippen LogP contribution in [0.25, 0.3) is 0 Å². The zero-order valence-corrected chi connectivity index (χ0v) is 11.5. The van der Waals surface area contributed by atoms with E-state index >= 15 is 0 Å². The first kappa shape index (κ1) is 14.2. The summed E-state index contributed by atoms with van der Waals surface area (Å²) < 4.78 is 0. The summed E-state index contributed by atoms with van der Waals surface area (Å²) in [6, 6.07) is 6.63. The van der Waals surface area contributed by atoms with Crippen LogP contribution in [0.3, 0.4) is 0 Å². The van der Waals surface area contributed by atoms with E-state index in [9.17, 15) is 19.5 Å². The predicted octanol–water partition coefficient (Wildman–Crippen LogP) is 1.83. The van der Waals surface area contributed by atoms with Crippen molar-refractivity contribution < 1.29 is 19.5 Å². The second-order valence-electron chi connectivity index (χ2n) is 5.44. The highest BCUT2D eigenvalue weighted by molar-refractivity contribution is 6.07. The molecule has 2 rings (SSSR count). The number of hydrogen-bond acceptors (Lipinski definition) is 3. The fourth-order valence-corrected chi connectivity index (χ4v) is 2.46. The molecule has 1 N–H and O–H groups in total. The summed E-state index contributed by atoms with van der Waals surface area (Å²) in [6.45, 7) is 3.62. The van der Waals surface area contributed by atoms with Crippen LogP contribution in [0.1, 0.15) is 41.0 Å². The minimum atomic E-state index is -0.902. The van der Waals surface area contributed by atoms with Gasteiger partial charge < -0.3 is 10.0 Å². The Labute approximate surface area is 117 Å². The molecule has 5 heteroatoms. The molecule has 0 spiro atoms. The van der Waals surface area contributed by atoms with Crippen molar-refractivity contribution in [2.24, 2.45) is 5.41 Å². The van der Waals surface area contributed by atoms with Gasteiger partial charge >= 0.3 is 5.97 Å². The van der Waals surface area contributed by atoms with Gasteiger partial charge in [0.1, 0.15) is 0 Å². The maximum Gasteiger partial charge on any atom is 0.311 e. The van der Waals surface area contributed by atoms with Crippen LogP contribution in [0.15, 0.2) is 24.3 Å². The van der Waals surface area contributed by atoms with Gasteiger partial charge in [0, 0.05) is 18.7 Å². The van der Waals surface area contributed by atoms with E-state index in [4.69, 9.17) is 0 Å². The van der Waals surface area contributed by atoms with Crippen LogP contribution in [-0.4, -0.2) is 40.8 Å². The van der Waals surface area contributed by atoms with E-state index in [0.29, 0.717) is 24.1 Å². The quantitative estimate of drug-likeness (QED) is 0.854. The van der Waals surface area contributed by atoms with Gasteiger partial charge in [0.15, 0.2) is 5.78 Å². The molecule has 5 nitrogen and oxygen atoms in total. The third-order valence-corrected chi connectivity index (χ3v) is 3.81. The van der Waals surface area contributed by atoms with Gasteiger partial charge in [-0.05, 0) is 26.3 Å². The van der Waals surface area contributed by atoms with Crippen LogP contribution in [-0.2, 0) is 4.79 Å². The topological polar surface area (TPSA) is 74.7 Å². The van der Waals surface area contributed by atoms with E-state index in [1.165, 1.54) is 11.8 Å². The maximum atomic E-state index is 12.5. The van der Waals surface area contributed by atoms with E-state index in [1.54, 1.807) is 31.2 Å². The molecule has 106 valence electrons. The molecule has 1 heterocycles. The van der Waals surface area contributed by atoms with E-state index < -0.39 is 11.4 Å². The number of rotatable bonds is 3. The summed E-state index contributed by atoms with van der Waals surface area (Å²) in [5.41, 5.74) is -0.183. The standard InChI is InChI=1S/C15H17NO4/c1-10(17)11-5-3-4-6-12(11)13(18)16-8-7-15(2,9-16)14(19)20/h3-6H,7-9H2,1-2H3,(H,19,20). The smallest absolute Gasteiger partial charge is 0.311 e. The number of carbonyl (C=O) groups is 3. The number of nitrogens with zero attached hydrogens (tertiary/aromatic N) is 1. The molecule has 1 aliphatic heterocycles. The van der Waals surface area contributed by atoms with Gasteiger partial charge in [0.25, 0.3) is 5.91 Å². The molecule has 0 aliphatic carbocycles. The zero-order chi connectivity index (χ0) is 14.9. The predicted molar refractivity (Wildman–Crippen MR) is 72.7 cm³/mol. The number of hydrogen-bond donors (Lipinski definition) is 1. The Kier molecular flexibility index (Phi) is 3.61. The van der Waals surface area contributed by atoms with E-state index in [2.05, 4.69) is 0 Å². The second-order valence-corrected chi connectivity index (χ2v) is 5.44. The fourth-order valence-electron chi connectivity index (χ4n) is 2.46. The van der Waals surface area contributed by atoms with Gasteiger partial charge in [-0.3, -0.25) is 14.4 Å². The lowest BCUT2D eigenvalue weighted by atomic mass is 9.90. The molecule has 0 aromatic heterocycles. The lowest BCUT2D eigenvalue weighted by Gasteiger charge is -2.21. The van der Waals surface area contributed by atoms with Crippen molar-refractivity contribution in [1.82, 2.24) is 4.90 Å². The first-order chi connectivity index (χ1) is 9.35. The third-order valence-electron chi connectivity index (χ3n) is 3.81. The second kappa shape index (κ2) is 5.07. The molecule has 1 unspecified atom stereocenters. The molecule has 1 atom stereocenters. The molecule has 1 aliphatic rings. The Morgan fingerprint density at radius 2 is 1.80 bits per heavy atom. The largest absolute Gasteiger partial charge is 0.481 e. The van der Waals surface area contributed by atoms with Crippen LogP contribution < -0.4 is 0 Å². The van der Waals surface area contributed by atoms with Crippen molar-refractivity contribution in [3.8, 4) is 0 Å². The summed E-state index contributed by atoms with van der Waals surface area (Å²) >= 11 is 0. The van der Waals surface area contributed by atoms with Gasteiger partial charge in [0.2, 0.25) is 0 Å². The van der Waals surface area contributed by atoms with Gasteiger partial charge in [-0.15, -0.1) is 0 Å². The Morgan fingerprint density at radius 3 is 2.30 bits per heavy atom. The monoisotopic (exact) mass is 275 g/mol. The molecular weight excluding hydrogens is 258 g/mol. The number of likely N-dealkylation sites (tertiary alicyclic amines) is 1. The summed E-state index contributed by atoms with van der Waals surface area (Å²) in [5.74, 6) is -1.34. The Hall–Kier alpha value is -2.17. The molecule has 0 saturated carbocycles. The number of Topliss-reactive ketones (excluding diaryl/α,β-unsaturated/α-hetero) is 1. The highest BCUT2D eigenvalue weighted by atomic mass is 16.4. The van der Waals surface area contributed by atoms with Crippen molar-refractivity contribution in [2.75, 3.05) is 13.1 Å². The molecule has 1 aromatic carbocycles. The number of benzene rings is 1. The average molecular weight is 275 g/mol. The fraction of sp³-hybridized carbons (Fsp3) is 0.400. The molecule has 20 heavy (non-hydrogen) atoms. The molecule has 1 saturated heterocycles. The number of carboxylic acid groups (broad SMARTS) is 1. The molecular formula is C15H17NO4. The van der Waals surface area contributed by atoms with Crippen molar-refractivity contribution in [3.05, 3.63) is 35.4 Å². The first-order valence-corrected chi connectivity index (χ1v) is 6.48. The highest BCUT2D eigenvalue weighted by Crippen LogP contribution is 2.31. The molecule has 0 bridgehead atoms. The number of carbonyl (C=O) groups excluding carboxylic acids is 2. The first-order valence-electron chi connectivity index (χ1n) is 6.48. The molecule has 1 fully saturated rings. The van der Waals surface area contributed by atoms with Gasteiger partial charge in [-0.2, -0.15) is 0 Å². The summed E-state index contributed by atoms with van der Waals surface area (Å²) in [6.07, 6.45) is 0.427. The summed E-state index contributed by atoms with van der Waals surface area (Å²) in [4.78, 5) is 36.7. The SMILES string of the molecule is CC(=O)c1ccccc1C(=O)N1CCC(C)(C(=O)O)C1. The van der Waals surface area contributed by atoms with Gasteiger partial charge in [-0.1, -0.05) is 18.2 Å². The average Bonchev–Trinajstić information content (AvgIpc) is 2.82. The number of ketones is 1. The Bertz CT molecular complexity index is 581. The van der Waals surface area contributed by atoms with Gasteiger partial charge in [0.05, 0.1) is 11.0 Å². The van der Waals surface area contributed by atoms with Crippen LogP contribution >= 0.6 is 0 Å². The number of aliphatic carboxylic acids is 1. The van der Waals surface area contributed by atoms with E-state index in [-0.39, 0.29) is 18.2 Å². The minimum Gasteiger partial charge on any atom is -0.481 e. The number of carboxylic acids is 1. The normalized spacial score (nSPS) is 21.8. The molecule has 1 aromatic rings. The highest BCUT2D eigenvalue weighted by Gasteiger charge is 2.42. The molecule has 0 radical (unpaired) electrons. The van der Waals surface area contributed by atoms with Crippen LogP contribution in [0.4, 0.5) is 0 Å². The van der Waals surface area contributed by atoms with Crippen molar-refractivity contribution in [2.45, 2.75) is 20.3 Å². The minimum absolute atomic E-state index is 0.172. The Morgan fingerprint density at radius 1 is 1.20 bits per heavy atom. The third kappa shape index (κ3) is 2.43. The summed E-state index contributed by atoms with van der Waals surface area (Å²) in [5, 5.41) is 9.19. The summed E-state index contributed by atoms with van der Waals surface area (Å²) in [7, 11) is 0. The lowest BCUT2D eigenvalue weighted by Crippen LogP contribution is -2.35. The van der Waals surface area contributed by atoms with Gasteiger partial charge in [-0.25, -0.2) is 0 Å². The van der Waals surface area contributed by atoms with Crippen LogP contribution in [0.2, 0.25) is 0 Å². The van der Waals surface area contributed by atoms with Crippen molar-refractivity contribution in [1.29, 1.82) is 0 Å². The zero-order valence-electron chi connectivity index (χ0n) is 11.5. The van der Waals surface area contributed by atoms with E-state index in [1.807, 2.05) is 0 Å².